The number of hydrogen-bond acceptors (Lipinski definition) is 8. The van der Waals surface area contributed by atoms with Crippen LogP contribution in [0.15, 0.2) is 46.0 Å². The normalized spacial score (nSPS) is 11.8. The van der Waals surface area contributed by atoms with Gasteiger partial charge in [0.15, 0.2) is 17.3 Å². The van der Waals surface area contributed by atoms with E-state index in [0.29, 0.717) is 59.3 Å². The van der Waals surface area contributed by atoms with E-state index in [1.54, 1.807) is 12.1 Å². The van der Waals surface area contributed by atoms with E-state index in [1.165, 1.54) is 17.3 Å². The zero-order valence-electron chi connectivity index (χ0n) is 19.7. The number of hydrogen-bond donors (Lipinski definition) is 0. The Kier molecular flexibility index (Phi) is 8.77. The van der Waals surface area contributed by atoms with Gasteiger partial charge in [0.05, 0.1) is 25.1 Å². The number of Topliss-reactive ketones (excluding diaryl/α,β-unsaturated/α-hetero) is 1. The number of carbonyl (C=O) groups is 1. The molecule has 0 saturated carbocycles. The van der Waals surface area contributed by atoms with Crippen molar-refractivity contribution < 1.29 is 23.4 Å². The molecule has 1 aromatic heterocycles. The van der Waals surface area contributed by atoms with E-state index in [0.717, 1.165) is 6.42 Å². The summed E-state index contributed by atoms with van der Waals surface area (Å²) >= 11 is 1.24. The summed E-state index contributed by atoms with van der Waals surface area (Å²) < 4.78 is 23.1. The molecule has 0 radical (unpaired) electrons. The quantitative estimate of drug-likeness (QED) is 0.240. The minimum Gasteiger partial charge on any atom is -0.490 e. The maximum absolute atomic E-state index is 12.8. The Hall–Kier alpha value is -3.00. The Labute approximate surface area is 198 Å². The smallest absolute Gasteiger partial charge is 0.277 e. The average Bonchev–Trinajstić information content (AvgIpc) is 3.29. The van der Waals surface area contributed by atoms with E-state index in [9.17, 15) is 4.79 Å². The van der Waals surface area contributed by atoms with Gasteiger partial charge >= 0.3 is 0 Å². The first-order chi connectivity index (χ1) is 16.0. The molecule has 33 heavy (non-hydrogen) atoms. The molecule has 0 bridgehead atoms. The van der Waals surface area contributed by atoms with Crippen LogP contribution in [0.2, 0.25) is 0 Å². The highest BCUT2D eigenvalue weighted by atomic mass is 32.2. The van der Waals surface area contributed by atoms with Crippen molar-refractivity contribution in [1.29, 1.82) is 0 Å². The van der Waals surface area contributed by atoms with Crippen LogP contribution in [0.5, 0.6) is 17.2 Å². The lowest BCUT2D eigenvalue weighted by Gasteiger charge is -2.16. The first-order valence-corrected chi connectivity index (χ1v) is 12.1. The third kappa shape index (κ3) is 6.07. The number of nitrogens with zero attached hydrogens (tertiary/aromatic N) is 2. The molecule has 0 aliphatic carbocycles. The fraction of sp³-hybridized carbons (Fsp3) is 0.400. The zero-order valence-corrected chi connectivity index (χ0v) is 20.5. The Morgan fingerprint density at radius 3 is 2.09 bits per heavy atom. The maximum Gasteiger partial charge on any atom is 0.277 e. The minimum absolute atomic E-state index is 0.0146. The lowest BCUT2D eigenvalue weighted by atomic mass is 10.1. The topological polar surface area (TPSA) is 83.7 Å². The highest BCUT2D eigenvalue weighted by molar-refractivity contribution is 8.00. The first kappa shape index (κ1) is 24.6. The largest absolute Gasteiger partial charge is 0.490 e. The van der Waals surface area contributed by atoms with Gasteiger partial charge in [-0.1, -0.05) is 43.0 Å². The van der Waals surface area contributed by atoms with Gasteiger partial charge in [-0.15, -0.1) is 10.2 Å². The highest BCUT2D eigenvalue weighted by Gasteiger charge is 2.22. The molecule has 0 amide bonds. The van der Waals surface area contributed by atoms with Crippen molar-refractivity contribution in [3.63, 3.8) is 0 Å². The molecular formula is C25H30N2O5S. The average molecular weight is 471 g/mol. The molecule has 2 aromatic carbocycles. The molecule has 0 aliphatic heterocycles. The van der Waals surface area contributed by atoms with E-state index in [4.69, 9.17) is 18.6 Å². The second-order valence-corrected chi connectivity index (χ2v) is 8.44. The van der Waals surface area contributed by atoms with E-state index in [-0.39, 0.29) is 11.0 Å². The molecule has 0 saturated heterocycles. The van der Waals surface area contributed by atoms with Gasteiger partial charge in [-0.05, 0) is 51.8 Å². The Balaban J connectivity index is 1.81. The number of aromatic nitrogens is 2. The van der Waals surface area contributed by atoms with Crippen LogP contribution in [-0.2, 0) is 6.42 Å². The summed E-state index contributed by atoms with van der Waals surface area (Å²) in [4.78, 5) is 12.8. The van der Waals surface area contributed by atoms with Gasteiger partial charge in [0.25, 0.3) is 5.22 Å². The molecule has 1 heterocycles. The fourth-order valence-corrected chi connectivity index (χ4v) is 3.99. The summed E-state index contributed by atoms with van der Waals surface area (Å²) in [6.45, 7) is 11.0. The molecule has 8 heteroatoms. The molecule has 7 nitrogen and oxygen atoms in total. The highest BCUT2D eigenvalue weighted by Crippen LogP contribution is 2.42. The number of rotatable bonds is 12. The minimum atomic E-state index is -0.371. The van der Waals surface area contributed by atoms with Crippen molar-refractivity contribution in [2.75, 3.05) is 19.8 Å². The summed E-state index contributed by atoms with van der Waals surface area (Å²) in [6.07, 6.45) is 0.936. The molecule has 3 aromatic rings. The van der Waals surface area contributed by atoms with Crippen molar-refractivity contribution in [1.82, 2.24) is 10.2 Å². The summed E-state index contributed by atoms with van der Waals surface area (Å²) in [5.74, 6) is 1.97. The lowest BCUT2D eigenvalue weighted by Crippen LogP contribution is -2.13. The van der Waals surface area contributed by atoms with Crippen LogP contribution < -0.4 is 14.2 Å². The van der Waals surface area contributed by atoms with Gasteiger partial charge in [-0.3, -0.25) is 4.79 Å². The van der Waals surface area contributed by atoms with E-state index >= 15 is 0 Å². The second-order valence-electron chi connectivity index (χ2n) is 7.15. The van der Waals surface area contributed by atoms with Gasteiger partial charge in [-0.2, -0.15) is 0 Å². The predicted molar refractivity (Wildman–Crippen MR) is 129 cm³/mol. The monoisotopic (exact) mass is 470 g/mol. The van der Waals surface area contributed by atoms with Crippen LogP contribution in [0.3, 0.4) is 0 Å². The number of ether oxygens (including phenoxy) is 3. The van der Waals surface area contributed by atoms with Gasteiger partial charge in [0.1, 0.15) is 0 Å². The third-order valence-corrected chi connectivity index (χ3v) is 5.79. The van der Waals surface area contributed by atoms with Crippen LogP contribution in [-0.4, -0.2) is 41.1 Å². The van der Waals surface area contributed by atoms with Gasteiger partial charge in [-0.25, -0.2) is 0 Å². The van der Waals surface area contributed by atoms with Crippen molar-refractivity contribution >= 4 is 17.5 Å². The second kappa shape index (κ2) is 11.7. The summed E-state index contributed by atoms with van der Waals surface area (Å²) in [7, 11) is 0. The molecule has 176 valence electrons. The van der Waals surface area contributed by atoms with Crippen LogP contribution in [0.25, 0.3) is 11.5 Å². The maximum atomic E-state index is 12.8. The number of thioether (sulfide) groups is 1. The number of ketones is 1. The molecular weight excluding hydrogens is 440 g/mol. The van der Waals surface area contributed by atoms with E-state index < -0.39 is 0 Å². The molecule has 3 rings (SSSR count). The number of benzene rings is 2. The standard InChI is InChI=1S/C25H30N2O5S/c1-6-17-10-12-18(13-11-17)22(28)16(5)33-25-27-26-24(32-25)19-14-20(29-7-2)23(31-9-4)21(15-19)30-8-3/h10-16H,6-9H2,1-5H3. The van der Waals surface area contributed by atoms with Crippen LogP contribution in [0.1, 0.15) is 50.5 Å². The summed E-state index contributed by atoms with van der Waals surface area (Å²) in [5, 5.41) is 8.25. The predicted octanol–water partition coefficient (Wildman–Crippen LogP) is 5.86. The first-order valence-electron chi connectivity index (χ1n) is 11.2. The Morgan fingerprint density at radius 1 is 0.939 bits per heavy atom. The van der Waals surface area contributed by atoms with E-state index in [2.05, 4.69) is 17.1 Å². The molecule has 0 aliphatic rings. The SMILES string of the molecule is CCOc1cc(-c2nnc(SC(C)C(=O)c3ccc(CC)cc3)o2)cc(OCC)c1OCC. The molecule has 1 unspecified atom stereocenters. The van der Waals surface area contributed by atoms with Gasteiger partial charge < -0.3 is 18.6 Å². The van der Waals surface area contributed by atoms with Crippen LogP contribution in [0, 0.1) is 0 Å². The molecule has 0 spiro atoms. The van der Waals surface area contributed by atoms with Crippen LogP contribution in [0.4, 0.5) is 0 Å². The third-order valence-electron chi connectivity index (χ3n) is 4.86. The number of aryl methyl sites for hydroxylation is 1. The van der Waals surface area contributed by atoms with Gasteiger partial charge in [0.2, 0.25) is 11.6 Å². The molecule has 0 fully saturated rings. The molecule has 0 N–H and O–H groups in total. The van der Waals surface area contributed by atoms with Crippen molar-refractivity contribution in [3.8, 4) is 28.7 Å². The fourth-order valence-electron chi connectivity index (χ4n) is 3.23. The van der Waals surface area contributed by atoms with Crippen LogP contribution >= 0.6 is 11.8 Å². The zero-order chi connectivity index (χ0) is 23.8. The lowest BCUT2D eigenvalue weighted by molar-refractivity contribution is 0.0993. The van der Waals surface area contributed by atoms with Gasteiger partial charge in [0, 0.05) is 11.1 Å². The van der Waals surface area contributed by atoms with E-state index in [1.807, 2.05) is 52.0 Å². The van der Waals surface area contributed by atoms with Crippen molar-refractivity contribution in [3.05, 3.63) is 47.5 Å². The summed E-state index contributed by atoms with van der Waals surface area (Å²) in [5.41, 5.74) is 2.52. The van der Waals surface area contributed by atoms with Crippen molar-refractivity contribution in [2.45, 2.75) is 51.5 Å². The Morgan fingerprint density at radius 2 is 1.55 bits per heavy atom. The molecule has 1 atom stereocenters. The summed E-state index contributed by atoms with van der Waals surface area (Å²) in [6, 6.07) is 11.3. The Bertz CT molecular complexity index is 1040. The van der Waals surface area contributed by atoms with Crippen molar-refractivity contribution in [2.24, 2.45) is 0 Å². The number of carbonyl (C=O) groups excluding carboxylic acids is 1.